The van der Waals surface area contributed by atoms with E-state index in [0.29, 0.717) is 0 Å². The Balaban J connectivity index is 0.00000400. The second-order valence-electron chi connectivity index (χ2n) is 4.91. The number of hydrogen-bond acceptors (Lipinski definition) is 2. The molecule has 1 unspecified atom stereocenters. The van der Waals surface area contributed by atoms with Crippen LogP contribution in [0, 0.1) is 0 Å². The third-order valence-electron chi connectivity index (χ3n) is 2.96. The van der Waals surface area contributed by atoms with Crippen molar-refractivity contribution in [1.29, 1.82) is 0 Å². The summed E-state index contributed by atoms with van der Waals surface area (Å²) in [6.45, 7) is 6.55. The highest BCUT2D eigenvalue weighted by Gasteiger charge is 2.04. The first kappa shape index (κ1) is 20.2. The van der Waals surface area contributed by atoms with Gasteiger partial charge in [0, 0.05) is 33.8 Å². The van der Waals surface area contributed by atoms with Gasteiger partial charge in [0.1, 0.15) is 0 Å². The minimum atomic E-state index is 0. The predicted molar refractivity (Wildman–Crippen MR) is 101 cm³/mol. The molecule has 0 aliphatic rings. The van der Waals surface area contributed by atoms with E-state index in [-0.39, 0.29) is 30.1 Å². The molecular formula is C16H28IN3O. The second-order valence-corrected chi connectivity index (χ2v) is 4.91. The fourth-order valence-corrected chi connectivity index (χ4v) is 1.84. The number of nitrogens with one attached hydrogen (secondary N) is 1. The van der Waals surface area contributed by atoms with Crippen LogP contribution >= 0.6 is 24.0 Å². The fraction of sp³-hybridized carbons (Fsp3) is 0.562. The molecule has 1 aromatic carbocycles. The molecular weight excluding hydrogens is 377 g/mol. The van der Waals surface area contributed by atoms with Crippen molar-refractivity contribution in [3.8, 4) is 0 Å². The third kappa shape index (κ3) is 8.26. The molecule has 0 saturated heterocycles. The molecule has 0 amide bonds. The number of halogens is 1. The van der Waals surface area contributed by atoms with Crippen molar-refractivity contribution < 1.29 is 4.74 Å². The molecule has 0 heterocycles. The number of benzene rings is 1. The second kappa shape index (κ2) is 11.8. The van der Waals surface area contributed by atoms with E-state index in [1.165, 1.54) is 5.56 Å². The van der Waals surface area contributed by atoms with Crippen molar-refractivity contribution in [2.75, 3.05) is 33.8 Å². The lowest BCUT2D eigenvalue weighted by atomic mass is 10.1. The zero-order valence-electron chi connectivity index (χ0n) is 13.5. The van der Waals surface area contributed by atoms with Crippen molar-refractivity contribution in [3.63, 3.8) is 0 Å². The lowest BCUT2D eigenvalue weighted by Gasteiger charge is -2.16. The van der Waals surface area contributed by atoms with Crippen LogP contribution in [0.4, 0.5) is 0 Å². The molecule has 0 spiro atoms. The molecule has 120 valence electrons. The lowest BCUT2D eigenvalue weighted by Crippen LogP contribution is -2.36. The minimum Gasteiger partial charge on any atom is -0.374 e. The number of guanidine groups is 1. The number of hydrogen-bond donors (Lipinski definition) is 1. The summed E-state index contributed by atoms with van der Waals surface area (Å²) >= 11 is 0. The van der Waals surface area contributed by atoms with Gasteiger partial charge in [0.2, 0.25) is 0 Å². The normalized spacial score (nSPS) is 12.5. The van der Waals surface area contributed by atoms with E-state index >= 15 is 0 Å². The van der Waals surface area contributed by atoms with E-state index in [1.54, 1.807) is 0 Å². The van der Waals surface area contributed by atoms with E-state index in [2.05, 4.69) is 36.3 Å². The van der Waals surface area contributed by atoms with Crippen molar-refractivity contribution in [2.45, 2.75) is 26.4 Å². The van der Waals surface area contributed by atoms with Crippen molar-refractivity contribution in [1.82, 2.24) is 10.2 Å². The van der Waals surface area contributed by atoms with Gasteiger partial charge >= 0.3 is 0 Å². The molecule has 0 saturated carbocycles. The van der Waals surface area contributed by atoms with Gasteiger partial charge in [0.05, 0.1) is 6.10 Å². The zero-order chi connectivity index (χ0) is 14.8. The Hall–Kier alpha value is -0.820. The van der Waals surface area contributed by atoms with E-state index in [4.69, 9.17) is 4.74 Å². The molecule has 0 aliphatic carbocycles. The first-order valence-corrected chi connectivity index (χ1v) is 7.27. The molecule has 0 fully saturated rings. The Morgan fingerprint density at radius 3 is 2.52 bits per heavy atom. The Bertz CT molecular complexity index is 396. The topological polar surface area (TPSA) is 36.9 Å². The van der Waals surface area contributed by atoms with Crippen LogP contribution in [0.1, 0.15) is 31.9 Å². The van der Waals surface area contributed by atoms with Crippen LogP contribution in [-0.4, -0.2) is 44.7 Å². The number of ether oxygens (including phenoxy) is 1. The van der Waals surface area contributed by atoms with Gasteiger partial charge in [-0.3, -0.25) is 4.99 Å². The molecule has 21 heavy (non-hydrogen) atoms. The maximum Gasteiger partial charge on any atom is 0.193 e. The minimum absolute atomic E-state index is 0. The van der Waals surface area contributed by atoms with E-state index < -0.39 is 0 Å². The molecule has 0 radical (unpaired) electrons. The van der Waals surface area contributed by atoms with E-state index in [1.807, 2.05) is 37.2 Å². The highest BCUT2D eigenvalue weighted by atomic mass is 127. The summed E-state index contributed by atoms with van der Waals surface area (Å²) in [5.41, 5.74) is 1.22. The zero-order valence-corrected chi connectivity index (χ0v) is 15.8. The molecule has 1 aromatic rings. The van der Waals surface area contributed by atoms with Gasteiger partial charge in [-0.05, 0) is 25.8 Å². The number of rotatable bonds is 7. The average molecular weight is 405 g/mol. The summed E-state index contributed by atoms with van der Waals surface area (Å²) in [6, 6.07) is 10.3. The van der Waals surface area contributed by atoms with Crippen LogP contribution < -0.4 is 5.32 Å². The Morgan fingerprint density at radius 2 is 1.95 bits per heavy atom. The molecule has 1 N–H and O–H groups in total. The van der Waals surface area contributed by atoms with Gasteiger partial charge in [-0.2, -0.15) is 0 Å². The first-order valence-electron chi connectivity index (χ1n) is 7.27. The van der Waals surface area contributed by atoms with Crippen molar-refractivity contribution >= 4 is 29.9 Å². The maximum atomic E-state index is 5.83. The monoisotopic (exact) mass is 405 g/mol. The van der Waals surface area contributed by atoms with Crippen LogP contribution in [0.3, 0.4) is 0 Å². The predicted octanol–water partition coefficient (Wildman–Crippen LogP) is 3.30. The van der Waals surface area contributed by atoms with Gasteiger partial charge in [-0.25, -0.2) is 0 Å². The summed E-state index contributed by atoms with van der Waals surface area (Å²) in [5.74, 6) is 0.934. The standard InChI is InChI=1S/C16H27N3O.HI/c1-5-17-16(19(3)4)18-12-9-13-20-14(2)15-10-7-6-8-11-15;/h6-8,10-11,14H,5,9,12-13H2,1-4H3,(H,17,18);1H. The molecule has 4 nitrogen and oxygen atoms in total. The molecule has 5 heteroatoms. The molecule has 0 aromatic heterocycles. The van der Waals surface area contributed by atoms with Gasteiger partial charge < -0.3 is 15.0 Å². The highest BCUT2D eigenvalue weighted by molar-refractivity contribution is 14.0. The highest BCUT2D eigenvalue weighted by Crippen LogP contribution is 2.15. The summed E-state index contributed by atoms with van der Waals surface area (Å²) in [6.07, 6.45) is 1.07. The van der Waals surface area contributed by atoms with Gasteiger partial charge in [-0.1, -0.05) is 30.3 Å². The maximum absolute atomic E-state index is 5.83. The van der Waals surface area contributed by atoms with Crippen LogP contribution in [-0.2, 0) is 4.74 Å². The summed E-state index contributed by atoms with van der Waals surface area (Å²) < 4.78 is 5.83. The smallest absolute Gasteiger partial charge is 0.193 e. The van der Waals surface area contributed by atoms with Gasteiger partial charge in [-0.15, -0.1) is 24.0 Å². The molecule has 1 rings (SSSR count). The first-order chi connectivity index (χ1) is 9.65. The molecule has 0 bridgehead atoms. The van der Waals surface area contributed by atoms with Gasteiger partial charge in [0.15, 0.2) is 5.96 Å². The fourth-order valence-electron chi connectivity index (χ4n) is 1.84. The number of nitrogens with zero attached hydrogens (tertiary/aromatic N) is 2. The van der Waals surface area contributed by atoms with E-state index in [0.717, 1.165) is 32.1 Å². The number of aliphatic imine (C=N–C) groups is 1. The summed E-state index contributed by atoms with van der Waals surface area (Å²) in [7, 11) is 3.99. The Morgan fingerprint density at radius 1 is 1.29 bits per heavy atom. The SMILES string of the molecule is CCNC(=NCCCOC(C)c1ccccc1)N(C)C.I. The van der Waals surface area contributed by atoms with Crippen molar-refractivity contribution in [2.24, 2.45) is 4.99 Å². The lowest BCUT2D eigenvalue weighted by molar-refractivity contribution is 0.0652. The summed E-state index contributed by atoms with van der Waals surface area (Å²) in [5, 5.41) is 3.24. The van der Waals surface area contributed by atoms with Crippen LogP contribution in [0.15, 0.2) is 35.3 Å². The Labute approximate surface area is 146 Å². The molecule has 1 atom stereocenters. The quantitative estimate of drug-likeness (QED) is 0.327. The average Bonchev–Trinajstić information content (AvgIpc) is 2.46. The van der Waals surface area contributed by atoms with E-state index in [9.17, 15) is 0 Å². The van der Waals surface area contributed by atoms with Gasteiger partial charge in [0.25, 0.3) is 0 Å². The van der Waals surface area contributed by atoms with Crippen LogP contribution in [0.5, 0.6) is 0 Å². The van der Waals surface area contributed by atoms with Crippen LogP contribution in [0.2, 0.25) is 0 Å². The summed E-state index contributed by atoms with van der Waals surface area (Å²) in [4.78, 5) is 6.53. The largest absolute Gasteiger partial charge is 0.374 e. The van der Waals surface area contributed by atoms with Crippen molar-refractivity contribution in [3.05, 3.63) is 35.9 Å². The molecule has 0 aliphatic heterocycles. The third-order valence-corrected chi connectivity index (χ3v) is 2.96. The Kier molecular flexibility index (Phi) is 11.3. The van der Waals surface area contributed by atoms with Crippen LogP contribution in [0.25, 0.3) is 0 Å².